The minimum absolute atomic E-state index is 0. The van der Waals surface area contributed by atoms with E-state index < -0.39 is 0 Å². The van der Waals surface area contributed by atoms with Crippen LogP contribution in [0.1, 0.15) is 23.7 Å². The Labute approximate surface area is 112 Å². The van der Waals surface area contributed by atoms with Gasteiger partial charge in [-0.25, -0.2) is 0 Å². The molecule has 18 heavy (non-hydrogen) atoms. The molecular weight excluding hydrogens is 256 g/mol. The molecule has 5 nitrogen and oxygen atoms in total. The first-order valence-corrected chi connectivity index (χ1v) is 5.26. The maximum atomic E-state index is 11.8. The van der Waals surface area contributed by atoms with Gasteiger partial charge in [0.25, 0.3) is 5.91 Å². The Balaban J connectivity index is 0.00000289. The molecule has 0 radical (unpaired) electrons. The molecule has 0 aromatic heterocycles. The number of hydrogen-bond acceptors (Lipinski definition) is 4. The Morgan fingerprint density at radius 2 is 2.11 bits per heavy atom. The number of anilines is 1. The van der Waals surface area contributed by atoms with Gasteiger partial charge in [-0.2, -0.15) is 0 Å². The topological polar surface area (TPSA) is 81.4 Å². The summed E-state index contributed by atoms with van der Waals surface area (Å²) in [5.41, 5.74) is 6.58. The molecule has 0 fully saturated rings. The molecule has 0 aliphatic heterocycles. The lowest BCUT2D eigenvalue weighted by molar-refractivity contribution is -0.141. The summed E-state index contributed by atoms with van der Waals surface area (Å²) in [5, 5.41) is 2.69. The standard InChI is InChI=1S/C12H16N2O3.ClH/c1-8(6-11(15)17-2)14-12(16)9-4-3-5-10(13)7-9;/h3-5,7-8H,6,13H2,1-2H3,(H,14,16);1H. The normalized spacial score (nSPS) is 11.0. The van der Waals surface area contributed by atoms with Crippen molar-refractivity contribution in [2.45, 2.75) is 19.4 Å². The molecule has 1 unspecified atom stereocenters. The Bertz CT molecular complexity index is 424. The first-order valence-electron chi connectivity index (χ1n) is 5.26. The van der Waals surface area contributed by atoms with Crippen molar-refractivity contribution in [1.82, 2.24) is 5.32 Å². The van der Waals surface area contributed by atoms with Crippen molar-refractivity contribution >= 4 is 30.0 Å². The second-order valence-electron chi connectivity index (χ2n) is 3.78. The van der Waals surface area contributed by atoms with Crippen molar-refractivity contribution in [2.24, 2.45) is 0 Å². The number of carbonyl (C=O) groups excluding carboxylic acids is 2. The quantitative estimate of drug-likeness (QED) is 0.641. The average molecular weight is 273 g/mol. The molecule has 3 N–H and O–H groups in total. The van der Waals surface area contributed by atoms with E-state index in [1.807, 2.05) is 0 Å². The third kappa shape index (κ3) is 5.05. The van der Waals surface area contributed by atoms with E-state index in [0.717, 1.165) is 0 Å². The van der Waals surface area contributed by atoms with Crippen LogP contribution in [0.3, 0.4) is 0 Å². The summed E-state index contributed by atoms with van der Waals surface area (Å²) in [6, 6.07) is 6.37. The minimum Gasteiger partial charge on any atom is -0.469 e. The number of esters is 1. The highest BCUT2D eigenvalue weighted by Gasteiger charge is 2.13. The highest BCUT2D eigenvalue weighted by atomic mass is 35.5. The number of carbonyl (C=O) groups is 2. The molecule has 1 atom stereocenters. The molecule has 6 heteroatoms. The zero-order valence-corrected chi connectivity index (χ0v) is 11.1. The molecule has 0 spiro atoms. The Morgan fingerprint density at radius 3 is 2.67 bits per heavy atom. The van der Waals surface area contributed by atoms with Crippen molar-refractivity contribution in [3.8, 4) is 0 Å². The lowest BCUT2D eigenvalue weighted by Crippen LogP contribution is -2.34. The minimum atomic E-state index is -0.356. The summed E-state index contributed by atoms with van der Waals surface area (Å²) in [6.45, 7) is 1.74. The number of rotatable bonds is 4. The van der Waals surface area contributed by atoms with E-state index in [0.29, 0.717) is 11.3 Å². The molecule has 1 aromatic carbocycles. The zero-order valence-electron chi connectivity index (χ0n) is 10.3. The molecule has 1 aromatic rings. The number of amides is 1. The maximum Gasteiger partial charge on any atom is 0.307 e. The molecular formula is C12H17ClN2O3. The fraction of sp³-hybridized carbons (Fsp3) is 0.333. The van der Waals surface area contributed by atoms with Crippen molar-refractivity contribution in [2.75, 3.05) is 12.8 Å². The number of nitrogens with one attached hydrogen (secondary N) is 1. The summed E-state index contributed by atoms with van der Waals surface area (Å²) >= 11 is 0. The highest BCUT2D eigenvalue weighted by molar-refractivity contribution is 5.95. The van der Waals surface area contributed by atoms with E-state index in [1.54, 1.807) is 31.2 Å². The van der Waals surface area contributed by atoms with Crippen LogP contribution in [-0.2, 0) is 9.53 Å². The SMILES string of the molecule is COC(=O)CC(C)NC(=O)c1cccc(N)c1.Cl. The van der Waals surface area contributed by atoms with Crippen LogP contribution in [0.25, 0.3) is 0 Å². The van der Waals surface area contributed by atoms with E-state index in [2.05, 4.69) is 10.1 Å². The lowest BCUT2D eigenvalue weighted by Gasteiger charge is -2.12. The number of methoxy groups -OCH3 is 1. The molecule has 0 bridgehead atoms. The van der Waals surface area contributed by atoms with Crippen LogP contribution in [0.2, 0.25) is 0 Å². The third-order valence-corrected chi connectivity index (χ3v) is 2.23. The van der Waals surface area contributed by atoms with E-state index in [9.17, 15) is 9.59 Å². The third-order valence-electron chi connectivity index (χ3n) is 2.23. The number of nitrogen functional groups attached to an aromatic ring is 1. The van der Waals surface area contributed by atoms with Gasteiger partial charge in [-0.15, -0.1) is 12.4 Å². The van der Waals surface area contributed by atoms with Gasteiger partial charge in [-0.3, -0.25) is 9.59 Å². The summed E-state index contributed by atoms with van der Waals surface area (Å²) in [4.78, 5) is 22.8. The van der Waals surface area contributed by atoms with Crippen LogP contribution < -0.4 is 11.1 Å². The summed E-state index contributed by atoms with van der Waals surface area (Å²) in [5.74, 6) is -0.612. The summed E-state index contributed by atoms with van der Waals surface area (Å²) in [7, 11) is 1.31. The van der Waals surface area contributed by atoms with Gasteiger partial charge < -0.3 is 15.8 Å². The monoisotopic (exact) mass is 272 g/mol. The van der Waals surface area contributed by atoms with Crippen molar-refractivity contribution in [3.63, 3.8) is 0 Å². The summed E-state index contributed by atoms with van der Waals surface area (Å²) in [6.07, 6.45) is 0.143. The van der Waals surface area contributed by atoms with Gasteiger partial charge in [0.15, 0.2) is 0 Å². The van der Waals surface area contributed by atoms with Gasteiger partial charge in [0, 0.05) is 17.3 Å². The predicted octanol–water partition coefficient (Wildman–Crippen LogP) is 1.37. The first-order chi connectivity index (χ1) is 8.02. The molecule has 1 amide bonds. The Hall–Kier alpha value is -1.75. The van der Waals surface area contributed by atoms with E-state index >= 15 is 0 Å². The fourth-order valence-electron chi connectivity index (χ4n) is 1.37. The van der Waals surface area contributed by atoms with Crippen molar-refractivity contribution < 1.29 is 14.3 Å². The van der Waals surface area contributed by atoms with Crippen LogP contribution in [0.15, 0.2) is 24.3 Å². The van der Waals surface area contributed by atoms with E-state index in [1.165, 1.54) is 7.11 Å². The molecule has 0 heterocycles. The van der Waals surface area contributed by atoms with Gasteiger partial charge in [-0.05, 0) is 25.1 Å². The second-order valence-corrected chi connectivity index (χ2v) is 3.78. The summed E-state index contributed by atoms with van der Waals surface area (Å²) < 4.78 is 4.52. The van der Waals surface area contributed by atoms with Gasteiger partial charge in [0.2, 0.25) is 0 Å². The molecule has 1 rings (SSSR count). The fourth-order valence-corrected chi connectivity index (χ4v) is 1.37. The van der Waals surface area contributed by atoms with E-state index in [4.69, 9.17) is 5.73 Å². The second kappa shape index (κ2) is 7.55. The van der Waals surface area contributed by atoms with Crippen LogP contribution >= 0.6 is 12.4 Å². The maximum absolute atomic E-state index is 11.8. The van der Waals surface area contributed by atoms with Crippen molar-refractivity contribution in [3.05, 3.63) is 29.8 Å². The molecule has 0 saturated carbocycles. The molecule has 0 aliphatic carbocycles. The molecule has 100 valence electrons. The first kappa shape index (κ1) is 16.2. The van der Waals surface area contributed by atoms with Gasteiger partial charge >= 0.3 is 5.97 Å². The van der Waals surface area contributed by atoms with Gasteiger partial charge in [0.1, 0.15) is 0 Å². The lowest BCUT2D eigenvalue weighted by atomic mass is 10.1. The van der Waals surface area contributed by atoms with Crippen LogP contribution in [0, 0.1) is 0 Å². The average Bonchev–Trinajstić information content (AvgIpc) is 2.28. The predicted molar refractivity (Wildman–Crippen MR) is 71.7 cm³/mol. The smallest absolute Gasteiger partial charge is 0.307 e. The van der Waals surface area contributed by atoms with Crippen LogP contribution in [-0.4, -0.2) is 25.0 Å². The Kier molecular flexibility index (Phi) is 6.82. The number of halogens is 1. The number of nitrogens with two attached hydrogens (primary N) is 1. The van der Waals surface area contributed by atoms with Crippen molar-refractivity contribution in [1.29, 1.82) is 0 Å². The number of hydrogen-bond donors (Lipinski definition) is 2. The number of ether oxygens (including phenoxy) is 1. The zero-order chi connectivity index (χ0) is 12.8. The molecule has 0 aliphatic rings. The highest BCUT2D eigenvalue weighted by Crippen LogP contribution is 2.07. The Morgan fingerprint density at radius 1 is 1.44 bits per heavy atom. The van der Waals surface area contributed by atoms with Gasteiger partial charge in [-0.1, -0.05) is 6.07 Å². The van der Waals surface area contributed by atoms with Crippen LogP contribution in [0.4, 0.5) is 5.69 Å². The number of benzene rings is 1. The van der Waals surface area contributed by atoms with E-state index in [-0.39, 0.29) is 36.7 Å². The van der Waals surface area contributed by atoms with Crippen LogP contribution in [0.5, 0.6) is 0 Å². The molecule has 0 saturated heterocycles. The van der Waals surface area contributed by atoms with Gasteiger partial charge in [0.05, 0.1) is 13.5 Å². The largest absolute Gasteiger partial charge is 0.469 e.